The smallest absolute Gasteiger partial charge is 0.178 e. The summed E-state index contributed by atoms with van der Waals surface area (Å²) in [7, 11) is 0. The Morgan fingerprint density at radius 1 is 1.29 bits per heavy atom. The molecule has 0 radical (unpaired) electrons. The van der Waals surface area contributed by atoms with Crippen molar-refractivity contribution in [3.63, 3.8) is 0 Å². The Morgan fingerprint density at radius 2 is 2.12 bits per heavy atom. The molecule has 3 aromatic rings. The fraction of sp³-hybridized carbons (Fsp3) is 0.143. The maximum Gasteiger partial charge on any atom is 0.178 e. The van der Waals surface area contributed by atoms with Crippen LogP contribution in [0, 0.1) is 6.92 Å². The summed E-state index contributed by atoms with van der Waals surface area (Å²) in [5, 5.41) is 2.23. The Balaban J connectivity index is 2.48. The van der Waals surface area contributed by atoms with Crippen LogP contribution in [0.25, 0.3) is 16.4 Å². The quantitative estimate of drug-likeness (QED) is 0.595. The van der Waals surface area contributed by atoms with Gasteiger partial charge in [0.1, 0.15) is 11.3 Å². The van der Waals surface area contributed by atoms with Crippen LogP contribution in [0.3, 0.4) is 0 Å². The highest BCUT2D eigenvalue weighted by Crippen LogP contribution is 2.21. The second kappa shape index (κ2) is 3.42. The molecule has 0 aliphatic heterocycles. The predicted octanol–water partition coefficient (Wildman–Crippen LogP) is 3.00. The zero-order valence-electron chi connectivity index (χ0n) is 9.77. The van der Waals surface area contributed by atoms with Gasteiger partial charge in [-0.3, -0.25) is 9.20 Å². The molecule has 0 bridgehead atoms. The van der Waals surface area contributed by atoms with Crippen molar-refractivity contribution in [3.8, 4) is 0 Å². The third-order valence-electron chi connectivity index (χ3n) is 3.01. The van der Waals surface area contributed by atoms with Crippen LogP contribution in [0.4, 0.5) is 0 Å². The van der Waals surface area contributed by atoms with E-state index in [4.69, 9.17) is 0 Å². The van der Waals surface area contributed by atoms with Crippen LogP contribution < -0.4 is 0 Å². The first-order valence-electron chi connectivity index (χ1n) is 5.54. The lowest BCUT2D eigenvalue weighted by Gasteiger charge is -2.03. The number of aryl methyl sites for hydroxylation is 1. The average molecular weight is 224 g/mol. The molecule has 0 aliphatic carbocycles. The number of aromatic nitrogens is 2. The Kier molecular flexibility index (Phi) is 2.01. The van der Waals surface area contributed by atoms with E-state index in [1.54, 1.807) is 13.1 Å². The second-order valence-electron chi connectivity index (χ2n) is 4.30. The Hall–Kier alpha value is -2.16. The number of rotatable bonds is 1. The summed E-state index contributed by atoms with van der Waals surface area (Å²) in [6, 6.07) is 8.26. The molecular formula is C14H12N2O. The highest BCUT2D eigenvalue weighted by Gasteiger charge is 2.09. The van der Waals surface area contributed by atoms with Gasteiger partial charge in [0.2, 0.25) is 0 Å². The molecule has 0 unspecified atom stereocenters. The van der Waals surface area contributed by atoms with Gasteiger partial charge in [0.05, 0.1) is 6.20 Å². The number of nitrogens with zero attached hydrogens (tertiary/aromatic N) is 2. The van der Waals surface area contributed by atoms with Gasteiger partial charge in [-0.05, 0) is 24.4 Å². The van der Waals surface area contributed by atoms with Crippen molar-refractivity contribution in [1.82, 2.24) is 9.38 Å². The number of carbonyl (C=O) groups is 1. The average Bonchev–Trinajstić information content (AvgIpc) is 2.72. The first-order valence-corrected chi connectivity index (χ1v) is 5.54. The summed E-state index contributed by atoms with van der Waals surface area (Å²) in [6.07, 6.45) is 3.54. The lowest BCUT2D eigenvalue weighted by atomic mass is 10.1. The van der Waals surface area contributed by atoms with E-state index >= 15 is 0 Å². The van der Waals surface area contributed by atoms with Gasteiger partial charge >= 0.3 is 0 Å². The number of hydrogen-bond donors (Lipinski definition) is 0. The van der Waals surface area contributed by atoms with Crippen LogP contribution in [0.1, 0.15) is 23.0 Å². The van der Waals surface area contributed by atoms with E-state index in [-0.39, 0.29) is 5.78 Å². The minimum absolute atomic E-state index is 0.0319. The summed E-state index contributed by atoms with van der Waals surface area (Å²) in [5.74, 6) is 0.0319. The molecule has 2 heterocycles. The predicted molar refractivity (Wildman–Crippen MR) is 67.4 cm³/mol. The van der Waals surface area contributed by atoms with E-state index in [0.29, 0.717) is 5.69 Å². The van der Waals surface area contributed by atoms with Gasteiger partial charge in [0.25, 0.3) is 0 Å². The van der Waals surface area contributed by atoms with E-state index in [1.165, 1.54) is 5.56 Å². The summed E-state index contributed by atoms with van der Waals surface area (Å²) in [6.45, 7) is 3.61. The van der Waals surface area contributed by atoms with Crippen LogP contribution in [0.5, 0.6) is 0 Å². The Morgan fingerprint density at radius 3 is 2.88 bits per heavy atom. The number of ketones is 1. The standard InChI is InChI=1S/C14H12N2O/c1-9-3-4-11-5-6-16-13(10(2)17)8-15-14(16)12(11)7-9/h3-8H,1-2H3. The molecule has 0 atom stereocenters. The van der Waals surface area contributed by atoms with Crippen molar-refractivity contribution in [1.29, 1.82) is 0 Å². The van der Waals surface area contributed by atoms with Crippen LogP contribution in [0.15, 0.2) is 36.7 Å². The number of benzene rings is 1. The van der Waals surface area contributed by atoms with Gasteiger partial charge in [-0.15, -0.1) is 0 Å². The molecule has 0 spiro atoms. The molecule has 3 rings (SSSR count). The maximum atomic E-state index is 11.5. The van der Waals surface area contributed by atoms with Gasteiger partial charge in [0.15, 0.2) is 5.78 Å². The first kappa shape index (κ1) is 10.0. The van der Waals surface area contributed by atoms with Gasteiger partial charge in [-0.2, -0.15) is 0 Å². The lowest BCUT2D eigenvalue weighted by Crippen LogP contribution is -1.98. The molecule has 3 heteroatoms. The number of pyridine rings is 1. The summed E-state index contributed by atoms with van der Waals surface area (Å²) in [5.41, 5.74) is 2.66. The van der Waals surface area contributed by atoms with E-state index in [2.05, 4.69) is 30.1 Å². The maximum absolute atomic E-state index is 11.5. The van der Waals surface area contributed by atoms with E-state index in [1.807, 2.05) is 16.7 Å². The van der Waals surface area contributed by atoms with E-state index in [0.717, 1.165) is 16.4 Å². The monoisotopic (exact) mass is 224 g/mol. The normalized spacial score (nSPS) is 11.2. The molecular weight excluding hydrogens is 212 g/mol. The molecule has 0 N–H and O–H groups in total. The van der Waals surface area contributed by atoms with Crippen molar-refractivity contribution in [2.75, 3.05) is 0 Å². The molecule has 17 heavy (non-hydrogen) atoms. The third-order valence-corrected chi connectivity index (χ3v) is 3.01. The fourth-order valence-electron chi connectivity index (χ4n) is 2.14. The summed E-state index contributed by atoms with van der Waals surface area (Å²) >= 11 is 0. The molecule has 0 saturated carbocycles. The van der Waals surface area contributed by atoms with Crippen LogP contribution in [0.2, 0.25) is 0 Å². The molecule has 0 aliphatic rings. The number of carbonyl (C=O) groups excluding carboxylic acids is 1. The van der Waals surface area contributed by atoms with Gasteiger partial charge in [0, 0.05) is 18.5 Å². The van der Waals surface area contributed by atoms with Crippen molar-refractivity contribution in [2.45, 2.75) is 13.8 Å². The molecule has 1 aromatic carbocycles. The van der Waals surface area contributed by atoms with Gasteiger partial charge in [-0.25, -0.2) is 4.98 Å². The Bertz CT molecular complexity index is 740. The van der Waals surface area contributed by atoms with Crippen molar-refractivity contribution in [3.05, 3.63) is 47.9 Å². The van der Waals surface area contributed by atoms with Crippen LogP contribution in [-0.4, -0.2) is 15.2 Å². The number of Topliss-reactive ketones (excluding diaryl/α,β-unsaturated/α-hetero) is 1. The minimum Gasteiger partial charge on any atom is -0.297 e. The molecule has 0 amide bonds. The Labute approximate surface area is 98.7 Å². The van der Waals surface area contributed by atoms with E-state index < -0.39 is 0 Å². The van der Waals surface area contributed by atoms with Crippen molar-refractivity contribution >= 4 is 22.2 Å². The molecule has 3 nitrogen and oxygen atoms in total. The van der Waals surface area contributed by atoms with Crippen molar-refractivity contribution in [2.24, 2.45) is 0 Å². The molecule has 0 saturated heterocycles. The SMILES string of the molecule is CC(=O)c1cnc2c3cc(C)ccc3ccn12. The number of hydrogen-bond acceptors (Lipinski definition) is 2. The minimum atomic E-state index is 0.0319. The third kappa shape index (κ3) is 1.43. The first-order chi connectivity index (χ1) is 8.16. The summed E-state index contributed by atoms with van der Waals surface area (Å²) in [4.78, 5) is 15.8. The highest BCUT2D eigenvalue weighted by molar-refractivity contribution is 5.98. The topological polar surface area (TPSA) is 34.4 Å². The van der Waals surface area contributed by atoms with Crippen LogP contribution in [-0.2, 0) is 0 Å². The van der Waals surface area contributed by atoms with Crippen molar-refractivity contribution < 1.29 is 4.79 Å². The molecule has 2 aromatic heterocycles. The molecule has 84 valence electrons. The van der Waals surface area contributed by atoms with Gasteiger partial charge < -0.3 is 0 Å². The number of fused-ring (bicyclic) bond motifs is 3. The van der Waals surface area contributed by atoms with Gasteiger partial charge in [-0.1, -0.05) is 17.7 Å². The number of imidazole rings is 1. The summed E-state index contributed by atoms with van der Waals surface area (Å²) < 4.78 is 1.85. The largest absolute Gasteiger partial charge is 0.297 e. The van der Waals surface area contributed by atoms with E-state index in [9.17, 15) is 4.79 Å². The fourth-order valence-corrected chi connectivity index (χ4v) is 2.14. The zero-order chi connectivity index (χ0) is 12.0. The highest BCUT2D eigenvalue weighted by atomic mass is 16.1. The lowest BCUT2D eigenvalue weighted by molar-refractivity contribution is 0.101. The molecule has 0 fully saturated rings. The van der Waals surface area contributed by atoms with Crippen LogP contribution >= 0.6 is 0 Å². The second-order valence-corrected chi connectivity index (χ2v) is 4.30. The zero-order valence-corrected chi connectivity index (χ0v) is 9.77.